The lowest BCUT2D eigenvalue weighted by Gasteiger charge is -2.08. The Morgan fingerprint density at radius 2 is 2.00 bits per heavy atom. The molecule has 2 N–H and O–H groups in total. The van der Waals surface area contributed by atoms with Crippen molar-refractivity contribution in [2.24, 2.45) is 5.73 Å². The average Bonchev–Trinajstić information content (AvgIpc) is 2.33. The second kappa shape index (κ2) is 5.57. The molecule has 0 saturated heterocycles. The summed E-state index contributed by atoms with van der Waals surface area (Å²) in [7, 11) is 0. The average molecular weight is 283 g/mol. The molecule has 1 aromatic heterocycles. The number of ether oxygens (including phenoxy) is 1. The van der Waals surface area contributed by atoms with Crippen LogP contribution < -0.4 is 10.5 Å². The maximum absolute atomic E-state index is 6.00. The van der Waals surface area contributed by atoms with Gasteiger partial charge in [-0.1, -0.05) is 29.3 Å². The molecule has 0 amide bonds. The summed E-state index contributed by atoms with van der Waals surface area (Å²) in [6.07, 6.45) is 1.68. The van der Waals surface area contributed by atoms with Crippen LogP contribution in [-0.4, -0.2) is 4.98 Å². The molecule has 0 aliphatic carbocycles. The van der Waals surface area contributed by atoms with Gasteiger partial charge in [-0.25, -0.2) is 4.98 Å². The lowest BCUT2D eigenvalue weighted by Crippen LogP contribution is -2.05. The third-order valence-electron chi connectivity index (χ3n) is 2.39. The molecule has 0 radical (unpaired) electrons. The van der Waals surface area contributed by atoms with E-state index >= 15 is 0 Å². The molecule has 1 unspecified atom stereocenters. The van der Waals surface area contributed by atoms with Crippen molar-refractivity contribution in [3.05, 3.63) is 52.1 Å². The molecule has 0 aliphatic heterocycles. The zero-order chi connectivity index (χ0) is 13.1. The number of nitrogens with zero attached hydrogens (tertiary/aromatic N) is 1. The van der Waals surface area contributed by atoms with Gasteiger partial charge in [-0.05, 0) is 30.7 Å². The second-order valence-electron chi connectivity index (χ2n) is 3.90. The monoisotopic (exact) mass is 282 g/mol. The summed E-state index contributed by atoms with van der Waals surface area (Å²) in [6, 6.07) is 8.60. The van der Waals surface area contributed by atoms with Crippen molar-refractivity contribution in [2.45, 2.75) is 13.0 Å². The normalized spacial score (nSPS) is 12.2. The maximum atomic E-state index is 6.00. The molecule has 2 rings (SSSR count). The number of hydrogen-bond donors (Lipinski definition) is 1. The smallest absolute Gasteiger partial charge is 0.219 e. The highest BCUT2D eigenvalue weighted by Crippen LogP contribution is 2.30. The summed E-state index contributed by atoms with van der Waals surface area (Å²) in [5.74, 6) is 0.978. The number of hydrogen-bond acceptors (Lipinski definition) is 3. The fourth-order valence-electron chi connectivity index (χ4n) is 1.39. The summed E-state index contributed by atoms with van der Waals surface area (Å²) in [6.45, 7) is 1.90. The minimum atomic E-state index is -0.0503. The number of nitrogens with two attached hydrogens (primary N) is 1. The summed E-state index contributed by atoms with van der Waals surface area (Å²) in [5.41, 5.74) is 6.69. The molecule has 2 aromatic rings. The highest BCUT2D eigenvalue weighted by Gasteiger charge is 2.06. The van der Waals surface area contributed by atoms with Crippen LogP contribution in [-0.2, 0) is 0 Å². The van der Waals surface area contributed by atoms with Gasteiger partial charge in [0.25, 0.3) is 0 Å². The second-order valence-corrected chi connectivity index (χ2v) is 4.74. The lowest BCUT2D eigenvalue weighted by molar-refractivity contribution is 0.462. The third-order valence-corrected chi connectivity index (χ3v) is 2.92. The van der Waals surface area contributed by atoms with Gasteiger partial charge in [0.1, 0.15) is 5.75 Å². The van der Waals surface area contributed by atoms with Crippen molar-refractivity contribution in [3.63, 3.8) is 0 Å². The molecule has 0 aliphatic rings. The van der Waals surface area contributed by atoms with Crippen LogP contribution >= 0.6 is 23.2 Å². The van der Waals surface area contributed by atoms with Gasteiger partial charge in [0.2, 0.25) is 5.88 Å². The van der Waals surface area contributed by atoms with E-state index in [2.05, 4.69) is 4.98 Å². The third kappa shape index (κ3) is 3.13. The van der Waals surface area contributed by atoms with Crippen LogP contribution in [0.2, 0.25) is 10.0 Å². The molecule has 1 atom stereocenters. The van der Waals surface area contributed by atoms with Crippen molar-refractivity contribution < 1.29 is 4.74 Å². The SMILES string of the molecule is CC(N)c1ccc(Oc2ccc(Cl)cc2Cl)nc1. The van der Waals surface area contributed by atoms with E-state index in [0.29, 0.717) is 21.7 Å². The predicted molar refractivity (Wildman–Crippen MR) is 73.4 cm³/mol. The Kier molecular flexibility index (Phi) is 4.07. The predicted octanol–water partition coefficient (Wildman–Crippen LogP) is 4.20. The summed E-state index contributed by atoms with van der Waals surface area (Å²) >= 11 is 11.8. The van der Waals surface area contributed by atoms with Gasteiger partial charge >= 0.3 is 0 Å². The van der Waals surface area contributed by atoms with Crippen LogP contribution in [0.3, 0.4) is 0 Å². The highest BCUT2D eigenvalue weighted by atomic mass is 35.5. The van der Waals surface area contributed by atoms with Crippen LogP contribution in [0.1, 0.15) is 18.5 Å². The van der Waals surface area contributed by atoms with E-state index in [0.717, 1.165) is 5.56 Å². The van der Waals surface area contributed by atoms with Gasteiger partial charge in [0.05, 0.1) is 5.02 Å². The molecule has 1 aromatic carbocycles. The van der Waals surface area contributed by atoms with E-state index in [1.54, 1.807) is 30.5 Å². The molecule has 5 heteroatoms. The fraction of sp³-hybridized carbons (Fsp3) is 0.154. The van der Waals surface area contributed by atoms with Gasteiger partial charge in [-0.15, -0.1) is 0 Å². The van der Waals surface area contributed by atoms with E-state index in [9.17, 15) is 0 Å². The summed E-state index contributed by atoms with van der Waals surface area (Å²) in [5, 5.41) is 1.01. The van der Waals surface area contributed by atoms with Crippen molar-refractivity contribution in [2.75, 3.05) is 0 Å². The lowest BCUT2D eigenvalue weighted by atomic mass is 10.2. The van der Waals surface area contributed by atoms with E-state index in [4.69, 9.17) is 33.7 Å². The molecular weight excluding hydrogens is 271 g/mol. The quantitative estimate of drug-likeness (QED) is 0.918. The Morgan fingerprint density at radius 1 is 1.22 bits per heavy atom. The minimum Gasteiger partial charge on any atom is -0.437 e. The zero-order valence-electron chi connectivity index (χ0n) is 9.73. The Hall–Kier alpha value is -1.29. The van der Waals surface area contributed by atoms with Crippen LogP contribution in [0.5, 0.6) is 11.6 Å². The molecule has 3 nitrogen and oxygen atoms in total. The van der Waals surface area contributed by atoms with E-state index in [-0.39, 0.29) is 6.04 Å². The Balaban J connectivity index is 2.18. The van der Waals surface area contributed by atoms with Crippen molar-refractivity contribution in [1.82, 2.24) is 4.98 Å². The van der Waals surface area contributed by atoms with Gasteiger partial charge in [-0.3, -0.25) is 0 Å². The molecular formula is C13H12Cl2N2O. The van der Waals surface area contributed by atoms with Crippen LogP contribution in [0.4, 0.5) is 0 Å². The van der Waals surface area contributed by atoms with Crippen molar-refractivity contribution in [1.29, 1.82) is 0 Å². The molecule has 1 heterocycles. The van der Waals surface area contributed by atoms with Crippen LogP contribution in [0, 0.1) is 0 Å². The zero-order valence-corrected chi connectivity index (χ0v) is 11.2. The fourth-order valence-corrected chi connectivity index (χ4v) is 1.84. The summed E-state index contributed by atoms with van der Waals surface area (Å²) in [4.78, 5) is 4.16. The van der Waals surface area contributed by atoms with Crippen molar-refractivity contribution in [3.8, 4) is 11.6 Å². The first-order valence-electron chi connectivity index (χ1n) is 5.40. The molecule has 0 bridgehead atoms. The van der Waals surface area contributed by atoms with E-state index in [1.165, 1.54) is 0 Å². The van der Waals surface area contributed by atoms with Crippen molar-refractivity contribution >= 4 is 23.2 Å². The minimum absolute atomic E-state index is 0.0503. The molecule has 94 valence electrons. The molecule has 0 fully saturated rings. The Bertz CT molecular complexity index is 541. The number of pyridine rings is 1. The first-order chi connectivity index (χ1) is 8.56. The molecule has 18 heavy (non-hydrogen) atoms. The maximum Gasteiger partial charge on any atom is 0.219 e. The Morgan fingerprint density at radius 3 is 2.56 bits per heavy atom. The highest BCUT2D eigenvalue weighted by molar-refractivity contribution is 6.35. The number of aromatic nitrogens is 1. The molecule has 0 saturated carbocycles. The van der Waals surface area contributed by atoms with Gasteiger partial charge in [-0.2, -0.15) is 0 Å². The number of halogens is 2. The topological polar surface area (TPSA) is 48.1 Å². The Labute approximate surface area is 115 Å². The summed E-state index contributed by atoms with van der Waals surface area (Å²) < 4.78 is 5.56. The van der Waals surface area contributed by atoms with E-state index < -0.39 is 0 Å². The van der Waals surface area contributed by atoms with Gasteiger partial charge < -0.3 is 10.5 Å². The van der Waals surface area contributed by atoms with E-state index in [1.807, 2.05) is 13.0 Å². The first-order valence-corrected chi connectivity index (χ1v) is 6.16. The van der Waals surface area contributed by atoms with Crippen LogP contribution in [0.25, 0.3) is 0 Å². The van der Waals surface area contributed by atoms with Gasteiger partial charge in [0.15, 0.2) is 0 Å². The standard InChI is InChI=1S/C13H12Cl2N2O/c1-8(16)9-2-5-13(17-7-9)18-12-4-3-10(14)6-11(12)15/h2-8H,16H2,1H3. The first kappa shape index (κ1) is 13.1. The molecule has 0 spiro atoms. The number of benzene rings is 1. The number of rotatable bonds is 3. The van der Waals surface area contributed by atoms with Crippen LogP contribution in [0.15, 0.2) is 36.5 Å². The largest absolute Gasteiger partial charge is 0.437 e. The van der Waals surface area contributed by atoms with Gasteiger partial charge in [0, 0.05) is 23.3 Å².